The lowest BCUT2D eigenvalue weighted by atomic mass is 10.2. The van der Waals surface area contributed by atoms with Crippen molar-refractivity contribution in [2.24, 2.45) is 0 Å². The average molecular weight is 268 g/mol. The molecule has 1 aromatic heterocycles. The smallest absolute Gasteiger partial charge is 0.220 e. The maximum Gasteiger partial charge on any atom is 0.220 e. The molecule has 18 heavy (non-hydrogen) atoms. The molecular formula is C14H24N2OS. The summed E-state index contributed by atoms with van der Waals surface area (Å²) < 4.78 is 0. The Kier molecular flexibility index (Phi) is 6.98. The molecule has 0 spiro atoms. The van der Waals surface area contributed by atoms with Gasteiger partial charge in [0.1, 0.15) is 0 Å². The molecule has 0 saturated carbocycles. The molecule has 0 aromatic carbocycles. The van der Waals surface area contributed by atoms with Crippen molar-refractivity contribution < 1.29 is 4.79 Å². The maximum absolute atomic E-state index is 11.7. The fourth-order valence-electron chi connectivity index (χ4n) is 1.85. The second-order valence-electron chi connectivity index (χ2n) is 4.76. The van der Waals surface area contributed by atoms with Gasteiger partial charge < -0.3 is 10.2 Å². The molecule has 0 radical (unpaired) electrons. The summed E-state index contributed by atoms with van der Waals surface area (Å²) in [6.45, 7) is 2.84. The predicted molar refractivity (Wildman–Crippen MR) is 77.9 cm³/mol. The summed E-state index contributed by atoms with van der Waals surface area (Å²) in [5.74, 6) is 0.173. The number of nitrogens with one attached hydrogen (secondary N) is 1. The van der Waals surface area contributed by atoms with Gasteiger partial charge in [0.2, 0.25) is 5.91 Å². The Bertz CT molecular complexity index is 336. The Labute approximate surface area is 114 Å². The van der Waals surface area contributed by atoms with Crippen LogP contribution < -0.4 is 5.32 Å². The molecule has 1 aromatic rings. The highest BCUT2D eigenvalue weighted by molar-refractivity contribution is 7.10. The van der Waals surface area contributed by atoms with Crippen LogP contribution in [-0.4, -0.2) is 31.4 Å². The number of rotatable bonds is 8. The van der Waals surface area contributed by atoms with Crippen molar-refractivity contribution in [3.63, 3.8) is 0 Å². The minimum atomic E-state index is 0.173. The minimum Gasteiger partial charge on any atom is -0.354 e. The van der Waals surface area contributed by atoms with Crippen LogP contribution >= 0.6 is 11.3 Å². The number of amides is 1. The van der Waals surface area contributed by atoms with Gasteiger partial charge in [-0.3, -0.25) is 4.79 Å². The molecule has 0 aliphatic carbocycles. The van der Waals surface area contributed by atoms with Crippen LogP contribution in [0.4, 0.5) is 0 Å². The molecule has 0 aliphatic heterocycles. The quantitative estimate of drug-likeness (QED) is 0.735. The van der Waals surface area contributed by atoms with Crippen LogP contribution in [-0.2, 0) is 4.79 Å². The van der Waals surface area contributed by atoms with E-state index >= 15 is 0 Å². The Balaban J connectivity index is 2.37. The van der Waals surface area contributed by atoms with Crippen molar-refractivity contribution in [2.75, 3.05) is 20.6 Å². The number of nitrogens with zero attached hydrogens (tertiary/aromatic N) is 1. The van der Waals surface area contributed by atoms with Crippen LogP contribution in [0.2, 0.25) is 0 Å². The zero-order valence-electron chi connectivity index (χ0n) is 11.6. The van der Waals surface area contributed by atoms with Crippen LogP contribution in [0.5, 0.6) is 0 Å². The van der Waals surface area contributed by atoms with Crippen molar-refractivity contribution in [3.05, 3.63) is 22.4 Å². The fraction of sp³-hybridized carbons (Fsp3) is 0.643. The van der Waals surface area contributed by atoms with E-state index in [0.717, 1.165) is 19.3 Å². The molecule has 1 heterocycles. The molecular weight excluding hydrogens is 244 g/mol. The number of hydrogen-bond donors (Lipinski definition) is 1. The predicted octanol–water partition coefficient (Wildman–Crippen LogP) is 3.05. The molecule has 1 unspecified atom stereocenters. The van der Waals surface area contributed by atoms with E-state index in [1.54, 1.807) is 11.3 Å². The lowest BCUT2D eigenvalue weighted by molar-refractivity contribution is -0.121. The van der Waals surface area contributed by atoms with E-state index in [1.807, 2.05) is 14.1 Å². The van der Waals surface area contributed by atoms with Gasteiger partial charge in [-0.15, -0.1) is 11.3 Å². The normalized spacial score (nSPS) is 12.7. The largest absolute Gasteiger partial charge is 0.354 e. The molecule has 4 heteroatoms. The monoisotopic (exact) mass is 268 g/mol. The highest BCUT2D eigenvalue weighted by Crippen LogP contribution is 2.22. The Morgan fingerprint density at radius 1 is 1.44 bits per heavy atom. The molecule has 102 valence electrons. The van der Waals surface area contributed by atoms with E-state index < -0.39 is 0 Å². The molecule has 1 atom stereocenters. The summed E-state index contributed by atoms with van der Waals surface area (Å²) in [5, 5.41) is 5.12. The van der Waals surface area contributed by atoms with Crippen LogP contribution in [0.15, 0.2) is 17.5 Å². The summed E-state index contributed by atoms with van der Waals surface area (Å²) in [4.78, 5) is 15.1. The van der Waals surface area contributed by atoms with Crippen LogP contribution in [0, 0.1) is 0 Å². The van der Waals surface area contributed by atoms with Gasteiger partial charge in [0.25, 0.3) is 0 Å². The standard InChI is InChI=1S/C14H24N2OS/c1-4-5-6-9-14(17)15-11-12(16(2)3)13-8-7-10-18-13/h7-8,10,12H,4-6,9,11H2,1-3H3,(H,15,17). The molecule has 1 rings (SSSR count). The van der Waals surface area contributed by atoms with Gasteiger partial charge in [-0.25, -0.2) is 0 Å². The Morgan fingerprint density at radius 2 is 2.22 bits per heavy atom. The highest BCUT2D eigenvalue weighted by atomic mass is 32.1. The fourth-order valence-corrected chi connectivity index (χ4v) is 2.78. The van der Waals surface area contributed by atoms with Crippen molar-refractivity contribution in [2.45, 2.75) is 38.6 Å². The highest BCUT2D eigenvalue weighted by Gasteiger charge is 2.15. The first-order chi connectivity index (χ1) is 8.65. The lowest BCUT2D eigenvalue weighted by Gasteiger charge is -2.23. The average Bonchev–Trinajstić information content (AvgIpc) is 2.83. The van der Waals surface area contributed by atoms with Crippen LogP contribution in [0.3, 0.4) is 0 Å². The Morgan fingerprint density at radius 3 is 2.78 bits per heavy atom. The molecule has 1 amide bonds. The van der Waals surface area contributed by atoms with Crippen molar-refractivity contribution in [3.8, 4) is 0 Å². The summed E-state index contributed by atoms with van der Waals surface area (Å²) in [5.41, 5.74) is 0. The minimum absolute atomic E-state index is 0.173. The number of hydrogen-bond acceptors (Lipinski definition) is 3. The summed E-state index contributed by atoms with van der Waals surface area (Å²) >= 11 is 1.74. The van der Waals surface area contributed by atoms with Gasteiger partial charge >= 0.3 is 0 Å². The van der Waals surface area contributed by atoms with Gasteiger partial charge in [-0.05, 0) is 32.0 Å². The third-order valence-corrected chi connectivity index (χ3v) is 3.97. The van der Waals surface area contributed by atoms with Crippen molar-refractivity contribution >= 4 is 17.2 Å². The van der Waals surface area contributed by atoms with Gasteiger partial charge in [-0.2, -0.15) is 0 Å². The number of unbranched alkanes of at least 4 members (excludes halogenated alkanes) is 2. The van der Waals surface area contributed by atoms with Gasteiger partial charge in [0, 0.05) is 17.8 Å². The van der Waals surface area contributed by atoms with Crippen molar-refractivity contribution in [1.82, 2.24) is 10.2 Å². The number of carbonyl (C=O) groups excluding carboxylic acids is 1. The van der Waals surface area contributed by atoms with Crippen LogP contribution in [0.1, 0.15) is 43.5 Å². The number of carbonyl (C=O) groups is 1. The van der Waals surface area contributed by atoms with Gasteiger partial charge in [-0.1, -0.05) is 25.8 Å². The zero-order chi connectivity index (χ0) is 13.4. The SMILES string of the molecule is CCCCCC(=O)NCC(c1cccs1)N(C)C. The molecule has 3 nitrogen and oxygen atoms in total. The van der Waals surface area contributed by atoms with Crippen LogP contribution in [0.25, 0.3) is 0 Å². The topological polar surface area (TPSA) is 32.3 Å². The van der Waals surface area contributed by atoms with E-state index in [1.165, 1.54) is 4.88 Å². The first-order valence-corrected chi connectivity index (χ1v) is 7.49. The third kappa shape index (κ3) is 5.19. The van der Waals surface area contributed by atoms with E-state index in [4.69, 9.17) is 0 Å². The number of likely N-dealkylation sites (N-methyl/N-ethyl adjacent to an activating group) is 1. The van der Waals surface area contributed by atoms with Gasteiger partial charge in [0.05, 0.1) is 6.04 Å². The first-order valence-electron chi connectivity index (χ1n) is 6.61. The second-order valence-corrected chi connectivity index (χ2v) is 5.74. The Hall–Kier alpha value is -0.870. The summed E-state index contributed by atoms with van der Waals surface area (Å²) in [6.07, 6.45) is 3.94. The summed E-state index contributed by atoms with van der Waals surface area (Å²) in [7, 11) is 4.10. The van der Waals surface area contributed by atoms with Crippen molar-refractivity contribution in [1.29, 1.82) is 0 Å². The van der Waals surface area contributed by atoms with E-state index in [9.17, 15) is 4.79 Å². The maximum atomic E-state index is 11.7. The second kappa shape index (κ2) is 8.27. The van der Waals surface area contributed by atoms with E-state index in [0.29, 0.717) is 13.0 Å². The van der Waals surface area contributed by atoms with E-state index in [2.05, 4.69) is 34.7 Å². The molecule has 0 fully saturated rings. The number of thiophene rings is 1. The van der Waals surface area contributed by atoms with Gasteiger partial charge in [0.15, 0.2) is 0 Å². The summed E-state index contributed by atoms with van der Waals surface area (Å²) in [6, 6.07) is 4.46. The zero-order valence-corrected chi connectivity index (χ0v) is 12.4. The lowest BCUT2D eigenvalue weighted by Crippen LogP contribution is -2.34. The molecule has 0 saturated heterocycles. The molecule has 0 bridgehead atoms. The third-order valence-electron chi connectivity index (χ3n) is 2.99. The molecule has 0 aliphatic rings. The first kappa shape index (κ1) is 15.2. The molecule has 1 N–H and O–H groups in total. The van der Waals surface area contributed by atoms with E-state index in [-0.39, 0.29) is 11.9 Å².